The second-order valence-corrected chi connectivity index (χ2v) is 3.16. The number of carboxylic acid groups (broad SMARTS) is 1. The summed E-state index contributed by atoms with van der Waals surface area (Å²) in [5, 5.41) is 19.9. The smallest absolute Gasteiger partial charge is 0.436 e. The average molecular weight is 274 g/mol. The van der Waals surface area contributed by atoms with E-state index in [1.165, 1.54) is 0 Å². The summed E-state index contributed by atoms with van der Waals surface area (Å²) in [5.41, 5.74) is -4.87. The molecule has 0 aromatic carbocycles. The van der Waals surface area contributed by atoms with E-state index >= 15 is 0 Å². The van der Waals surface area contributed by atoms with E-state index < -0.39 is 48.7 Å². The van der Waals surface area contributed by atoms with Crippen LogP contribution >= 0.6 is 0 Å². The van der Waals surface area contributed by atoms with Gasteiger partial charge in [-0.15, -0.1) is 0 Å². The third-order valence-electron chi connectivity index (χ3n) is 1.99. The highest BCUT2D eigenvalue weighted by atomic mass is 19.4. The Kier molecular flexibility index (Phi) is 3.89. The second-order valence-electron chi connectivity index (χ2n) is 3.16. The Morgan fingerprint density at radius 2 is 1.94 bits per heavy atom. The molecule has 10 heteroatoms. The minimum atomic E-state index is -5.17. The first kappa shape index (κ1) is 14.4. The highest BCUT2D eigenvalue weighted by Gasteiger charge is 2.43. The summed E-state index contributed by atoms with van der Waals surface area (Å²) in [6.07, 6.45) is -8.62. The zero-order chi connectivity index (χ0) is 14.1. The Morgan fingerprint density at radius 3 is 2.28 bits per heavy atom. The van der Waals surface area contributed by atoms with Crippen molar-refractivity contribution in [2.45, 2.75) is 19.1 Å². The fourth-order valence-electron chi connectivity index (χ4n) is 1.37. The van der Waals surface area contributed by atoms with Crippen molar-refractivity contribution in [2.24, 2.45) is 0 Å². The maximum Gasteiger partial charge on any atom is 0.436 e. The molecule has 1 heterocycles. The molecule has 0 saturated heterocycles. The molecule has 0 aliphatic rings. The van der Waals surface area contributed by atoms with Gasteiger partial charge in [0, 0.05) is 0 Å². The van der Waals surface area contributed by atoms with Crippen LogP contribution in [-0.4, -0.2) is 32.6 Å². The zero-order valence-corrected chi connectivity index (χ0v) is 8.58. The zero-order valence-electron chi connectivity index (χ0n) is 8.58. The molecule has 0 spiro atoms. The molecule has 102 valence electrons. The van der Waals surface area contributed by atoms with Crippen LogP contribution in [0.25, 0.3) is 0 Å². The van der Waals surface area contributed by atoms with E-state index in [0.29, 0.717) is 0 Å². The Bertz CT molecular complexity index is 454. The second kappa shape index (κ2) is 4.88. The van der Waals surface area contributed by atoms with Gasteiger partial charge < -0.3 is 10.2 Å². The summed E-state index contributed by atoms with van der Waals surface area (Å²) in [6.45, 7) is -1.41. The van der Waals surface area contributed by atoms with Gasteiger partial charge in [0.2, 0.25) is 0 Å². The summed E-state index contributed by atoms with van der Waals surface area (Å²) in [5.74, 6) is -2.15. The van der Waals surface area contributed by atoms with E-state index in [1.54, 1.807) is 0 Å². The molecule has 0 radical (unpaired) electrons. The standard InChI is InChI=1S/C8H7F5N2O3/c9-6(10)4-3(7(17)18)5(8(11,12)13)14-15(4)1-2-16/h6,16H,1-2H2,(H,17,18). The Morgan fingerprint density at radius 1 is 1.39 bits per heavy atom. The van der Waals surface area contributed by atoms with Gasteiger partial charge in [0.05, 0.1) is 13.2 Å². The van der Waals surface area contributed by atoms with E-state index in [-0.39, 0.29) is 4.68 Å². The van der Waals surface area contributed by atoms with Gasteiger partial charge in [-0.2, -0.15) is 18.3 Å². The number of halogens is 5. The first-order valence-corrected chi connectivity index (χ1v) is 4.50. The minimum absolute atomic E-state index is 0.150. The van der Waals surface area contributed by atoms with Crippen molar-refractivity contribution in [2.75, 3.05) is 6.61 Å². The van der Waals surface area contributed by atoms with Crippen LogP contribution in [0.15, 0.2) is 0 Å². The van der Waals surface area contributed by atoms with Gasteiger partial charge >= 0.3 is 12.1 Å². The number of aliphatic hydroxyl groups excluding tert-OH is 1. The van der Waals surface area contributed by atoms with Crippen LogP contribution < -0.4 is 0 Å². The summed E-state index contributed by atoms with van der Waals surface area (Å²) in [6, 6.07) is 0. The lowest BCUT2D eigenvalue weighted by molar-refractivity contribution is -0.142. The number of rotatable bonds is 4. The molecule has 5 nitrogen and oxygen atoms in total. The monoisotopic (exact) mass is 274 g/mol. The van der Waals surface area contributed by atoms with Gasteiger partial charge in [0.15, 0.2) is 5.69 Å². The number of aliphatic hydroxyl groups is 1. The number of aromatic carboxylic acids is 1. The molecule has 0 fully saturated rings. The van der Waals surface area contributed by atoms with Crippen molar-refractivity contribution in [3.8, 4) is 0 Å². The molecule has 0 atom stereocenters. The number of alkyl halides is 5. The summed E-state index contributed by atoms with van der Waals surface area (Å²) < 4.78 is 62.7. The van der Waals surface area contributed by atoms with Crippen molar-refractivity contribution in [3.63, 3.8) is 0 Å². The molecule has 1 aromatic rings. The van der Waals surface area contributed by atoms with E-state index in [0.717, 1.165) is 0 Å². The quantitative estimate of drug-likeness (QED) is 0.816. The number of aromatic nitrogens is 2. The topological polar surface area (TPSA) is 75.3 Å². The molecular formula is C8H7F5N2O3. The Labute approximate surface area is 96.4 Å². The van der Waals surface area contributed by atoms with Crippen molar-refractivity contribution < 1.29 is 37.0 Å². The molecule has 1 rings (SSSR count). The molecule has 0 unspecified atom stereocenters. The van der Waals surface area contributed by atoms with Crippen molar-refractivity contribution in [1.82, 2.24) is 9.78 Å². The van der Waals surface area contributed by atoms with E-state index in [2.05, 4.69) is 5.10 Å². The van der Waals surface area contributed by atoms with Gasteiger partial charge in [-0.1, -0.05) is 0 Å². The highest BCUT2D eigenvalue weighted by molar-refractivity contribution is 5.90. The highest BCUT2D eigenvalue weighted by Crippen LogP contribution is 2.35. The van der Waals surface area contributed by atoms with Crippen LogP contribution in [0.2, 0.25) is 0 Å². The largest absolute Gasteiger partial charge is 0.478 e. The average Bonchev–Trinajstić information content (AvgIpc) is 2.57. The number of hydrogen-bond donors (Lipinski definition) is 2. The van der Waals surface area contributed by atoms with Gasteiger partial charge in [-0.25, -0.2) is 13.6 Å². The van der Waals surface area contributed by atoms with Crippen LogP contribution in [-0.2, 0) is 12.7 Å². The van der Waals surface area contributed by atoms with Crippen LogP contribution in [0.4, 0.5) is 22.0 Å². The Hall–Kier alpha value is -1.71. The van der Waals surface area contributed by atoms with E-state index in [1.807, 2.05) is 0 Å². The van der Waals surface area contributed by atoms with Crippen molar-refractivity contribution in [3.05, 3.63) is 17.0 Å². The van der Waals surface area contributed by atoms with Crippen molar-refractivity contribution in [1.29, 1.82) is 0 Å². The lowest BCUT2D eigenvalue weighted by Gasteiger charge is -2.05. The number of carbonyl (C=O) groups is 1. The molecular weight excluding hydrogens is 267 g/mol. The summed E-state index contributed by atoms with van der Waals surface area (Å²) in [4.78, 5) is 10.7. The molecule has 0 amide bonds. The fraction of sp³-hybridized carbons (Fsp3) is 0.500. The first-order valence-electron chi connectivity index (χ1n) is 4.50. The molecule has 0 bridgehead atoms. The van der Waals surface area contributed by atoms with Crippen LogP contribution in [0.1, 0.15) is 28.2 Å². The lowest BCUT2D eigenvalue weighted by Crippen LogP contribution is -2.13. The van der Waals surface area contributed by atoms with Gasteiger partial charge in [0.1, 0.15) is 11.3 Å². The SMILES string of the molecule is O=C(O)c1c(C(F)(F)F)nn(CCO)c1C(F)F. The maximum atomic E-state index is 12.6. The molecule has 0 aliphatic carbocycles. The predicted octanol–water partition coefficient (Wildman–Crippen LogP) is 1.53. The molecule has 1 aromatic heterocycles. The van der Waals surface area contributed by atoms with Gasteiger partial charge in [-0.05, 0) is 0 Å². The fourth-order valence-corrected chi connectivity index (χ4v) is 1.37. The molecule has 0 saturated carbocycles. The van der Waals surface area contributed by atoms with Crippen molar-refractivity contribution >= 4 is 5.97 Å². The normalized spacial score (nSPS) is 12.2. The van der Waals surface area contributed by atoms with Gasteiger partial charge in [-0.3, -0.25) is 4.68 Å². The summed E-state index contributed by atoms with van der Waals surface area (Å²) >= 11 is 0. The van der Waals surface area contributed by atoms with E-state index in [9.17, 15) is 26.7 Å². The lowest BCUT2D eigenvalue weighted by atomic mass is 10.1. The molecule has 0 aliphatic heterocycles. The third kappa shape index (κ3) is 2.58. The molecule has 2 N–H and O–H groups in total. The van der Waals surface area contributed by atoms with Crippen LogP contribution in [0, 0.1) is 0 Å². The predicted molar refractivity (Wildman–Crippen MR) is 46.2 cm³/mol. The Balaban J connectivity index is 3.54. The third-order valence-corrected chi connectivity index (χ3v) is 1.99. The number of hydrogen-bond acceptors (Lipinski definition) is 3. The molecule has 18 heavy (non-hydrogen) atoms. The number of carboxylic acids is 1. The first-order chi connectivity index (χ1) is 8.20. The van der Waals surface area contributed by atoms with Gasteiger partial charge in [0.25, 0.3) is 6.43 Å². The van der Waals surface area contributed by atoms with Crippen LogP contribution in [0.3, 0.4) is 0 Å². The minimum Gasteiger partial charge on any atom is -0.478 e. The van der Waals surface area contributed by atoms with Crippen LogP contribution in [0.5, 0.6) is 0 Å². The summed E-state index contributed by atoms with van der Waals surface area (Å²) in [7, 11) is 0. The van der Waals surface area contributed by atoms with E-state index in [4.69, 9.17) is 10.2 Å². The maximum absolute atomic E-state index is 12.6. The number of nitrogens with zero attached hydrogens (tertiary/aromatic N) is 2.